The van der Waals surface area contributed by atoms with E-state index in [4.69, 9.17) is 4.98 Å². The van der Waals surface area contributed by atoms with Gasteiger partial charge >= 0.3 is 0 Å². The molecule has 0 amide bonds. The van der Waals surface area contributed by atoms with E-state index in [9.17, 15) is 0 Å². The number of hydrogen-bond acceptors (Lipinski definition) is 2. The van der Waals surface area contributed by atoms with Gasteiger partial charge in [-0.25, -0.2) is 9.97 Å². The van der Waals surface area contributed by atoms with Gasteiger partial charge in [0.25, 0.3) is 0 Å². The fourth-order valence-corrected chi connectivity index (χ4v) is 3.45. The standard InChI is InChI=1S/C21H17N3/c1-3-7-14(8-4-1)16-11-19-21(22-13-16)24-20(23-19)18-12-17(18)15-9-5-2-6-10-15/h1-11,13,17-18H,12H2,(H,22,23,24). The van der Waals surface area contributed by atoms with Gasteiger partial charge in [-0.2, -0.15) is 0 Å². The lowest BCUT2D eigenvalue weighted by atomic mass is 10.1. The highest BCUT2D eigenvalue weighted by Crippen LogP contribution is 2.53. The number of rotatable bonds is 3. The summed E-state index contributed by atoms with van der Waals surface area (Å²) in [4.78, 5) is 12.8. The number of aromatic nitrogens is 3. The largest absolute Gasteiger partial charge is 0.340 e. The molecule has 1 N–H and O–H groups in total. The molecule has 2 aromatic heterocycles. The minimum atomic E-state index is 0.488. The summed E-state index contributed by atoms with van der Waals surface area (Å²) in [5, 5.41) is 0. The molecule has 3 heteroatoms. The molecule has 1 fully saturated rings. The van der Waals surface area contributed by atoms with E-state index >= 15 is 0 Å². The van der Waals surface area contributed by atoms with Crippen molar-refractivity contribution in [2.45, 2.75) is 18.3 Å². The van der Waals surface area contributed by atoms with E-state index in [-0.39, 0.29) is 0 Å². The summed E-state index contributed by atoms with van der Waals surface area (Å²) in [5.41, 5.74) is 5.53. The number of fused-ring (bicyclic) bond motifs is 1. The summed E-state index contributed by atoms with van der Waals surface area (Å²) in [7, 11) is 0. The normalized spacial score (nSPS) is 19.5. The summed E-state index contributed by atoms with van der Waals surface area (Å²) in [6.45, 7) is 0. The van der Waals surface area contributed by atoms with Gasteiger partial charge in [-0.05, 0) is 29.5 Å². The van der Waals surface area contributed by atoms with Gasteiger partial charge in [0, 0.05) is 17.7 Å². The Bertz CT molecular complexity index is 989. The van der Waals surface area contributed by atoms with Gasteiger partial charge in [0.1, 0.15) is 5.82 Å². The van der Waals surface area contributed by atoms with Crippen molar-refractivity contribution in [3.63, 3.8) is 0 Å². The molecule has 0 bridgehead atoms. The van der Waals surface area contributed by atoms with E-state index in [1.807, 2.05) is 24.4 Å². The third-order valence-corrected chi connectivity index (χ3v) is 4.83. The third kappa shape index (κ3) is 2.29. The number of nitrogens with zero attached hydrogens (tertiary/aromatic N) is 2. The maximum absolute atomic E-state index is 4.72. The Labute approximate surface area is 140 Å². The first kappa shape index (κ1) is 13.5. The lowest BCUT2D eigenvalue weighted by molar-refractivity contribution is 0.936. The van der Waals surface area contributed by atoms with Crippen molar-refractivity contribution in [1.82, 2.24) is 15.0 Å². The van der Waals surface area contributed by atoms with Crippen molar-refractivity contribution in [3.05, 3.63) is 84.3 Å². The summed E-state index contributed by atoms with van der Waals surface area (Å²) in [5.74, 6) is 2.14. The van der Waals surface area contributed by atoms with E-state index in [2.05, 4.69) is 58.5 Å². The number of benzene rings is 2. The Kier molecular flexibility index (Phi) is 2.98. The molecule has 5 rings (SSSR count). The molecule has 0 spiro atoms. The highest BCUT2D eigenvalue weighted by Gasteiger charge is 2.41. The van der Waals surface area contributed by atoms with Crippen molar-refractivity contribution in [2.75, 3.05) is 0 Å². The van der Waals surface area contributed by atoms with Crippen molar-refractivity contribution >= 4 is 11.2 Å². The van der Waals surface area contributed by atoms with Gasteiger partial charge in [0.05, 0.1) is 5.52 Å². The molecule has 116 valence electrons. The number of aromatic amines is 1. The number of pyridine rings is 1. The number of H-pyrrole nitrogens is 1. The van der Waals surface area contributed by atoms with Crippen LogP contribution in [0.2, 0.25) is 0 Å². The Balaban J connectivity index is 1.47. The molecule has 1 saturated carbocycles. The average Bonchev–Trinajstić information content (AvgIpc) is 3.34. The van der Waals surface area contributed by atoms with Gasteiger partial charge in [-0.15, -0.1) is 0 Å². The molecular weight excluding hydrogens is 294 g/mol. The molecule has 24 heavy (non-hydrogen) atoms. The van der Waals surface area contributed by atoms with E-state index in [0.29, 0.717) is 11.8 Å². The van der Waals surface area contributed by atoms with Crippen molar-refractivity contribution in [1.29, 1.82) is 0 Å². The number of hydrogen-bond donors (Lipinski definition) is 1. The Hall–Kier alpha value is -2.94. The second-order valence-corrected chi connectivity index (χ2v) is 6.44. The quantitative estimate of drug-likeness (QED) is 0.585. The van der Waals surface area contributed by atoms with Crippen LogP contribution < -0.4 is 0 Å². The van der Waals surface area contributed by atoms with Crippen LogP contribution in [-0.2, 0) is 0 Å². The average molecular weight is 311 g/mol. The lowest BCUT2D eigenvalue weighted by Gasteiger charge is -1.99. The number of nitrogens with one attached hydrogen (secondary N) is 1. The van der Waals surface area contributed by atoms with Gasteiger partial charge in [0.15, 0.2) is 5.65 Å². The Morgan fingerprint density at radius 2 is 1.58 bits per heavy atom. The van der Waals surface area contributed by atoms with Crippen LogP contribution in [0.25, 0.3) is 22.3 Å². The molecular formula is C21H17N3. The maximum Gasteiger partial charge on any atom is 0.177 e. The first-order valence-electron chi connectivity index (χ1n) is 8.34. The number of imidazole rings is 1. The summed E-state index contributed by atoms with van der Waals surface area (Å²) in [6.07, 6.45) is 3.07. The summed E-state index contributed by atoms with van der Waals surface area (Å²) < 4.78 is 0. The molecule has 2 unspecified atom stereocenters. The zero-order valence-electron chi connectivity index (χ0n) is 13.2. The molecule has 3 nitrogen and oxygen atoms in total. The Morgan fingerprint density at radius 3 is 2.38 bits per heavy atom. The van der Waals surface area contributed by atoms with E-state index in [1.54, 1.807) is 0 Å². The molecule has 0 saturated heterocycles. The van der Waals surface area contributed by atoms with Gasteiger partial charge < -0.3 is 4.98 Å². The molecule has 1 aliphatic rings. The molecule has 0 radical (unpaired) electrons. The maximum atomic E-state index is 4.72. The lowest BCUT2D eigenvalue weighted by Crippen LogP contribution is -1.86. The van der Waals surface area contributed by atoms with E-state index in [1.165, 1.54) is 11.1 Å². The summed E-state index contributed by atoms with van der Waals surface area (Å²) >= 11 is 0. The molecule has 2 heterocycles. The first-order valence-corrected chi connectivity index (χ1v) is 8.34. The van der Waals surface area contributed by atoms with Crippen LogP contribution in [-0.4, -0.2) is 15.0 Å². The highest BCUT2D eigenvalue weighted by molar-refractivity contribution is 5.78. The predicted octanol–water partition coefficient (Wildman–Crippen LogP) is 4.90. The molecule has 0 aliphatic heterocycles. The molecule has 2 atom stereocenters. The minimum absolute atomic E-state index is 0.488. The molecule has 2 aromatic carbocycles. The molecule has 4 aromatic rings. The highest BCUT2D eigenvalue weighted by atomic mass is 15.0. The second-order valence-electron chi connectivity index (χ2n) is 6.44. The van der Waals surface area contributed by atoms with Gasteiger partial charge in [-0.1, -0.05) is 60.7 Å². The molecule has 1 aliphatic carbocycles. The fourth-order valence-electron chi connectivity index (χ4n) is 3.45. The topological polar surface area (TPSA) is 41.6 Å². The minimum Gasteiger partial charge on any atom is -0.340 e. The Morgan fingerprint density at radius 1 is 0.833 bits per heavy atom. The van der Waals surface area contributed by atoms with E-state index in [0.717, 1.165) is 29.0 Å². The zero-order chi connectivity index (χ0) is 15.9. The zero-order valence-corrected chi connectivity index (χ0v) is 13.2. The third-order valence-electron chi connectivity index (χ3n) is 4.83. The van der Waals surface area contributed by atoms with Crippen LogP contribution in [0.15, 0.2) is 72.9 Å². The van der Waals surface area contributed by atoms with Crippen LogP contribution in [0.1, 0.15) is 29.6 Å². The second kappa shape index (κ2) is 5.31. The van der Waals surface area contributed by atoms with Crippen LogP contribution in [0.5, 0.6) is 0 Å². The smallest absolute Gasteiger partial charge is 0.177 e. The summed E-state index contributed by atoms with van der Waals surface area (Å²) in [6, 6.07) is 23.2. The van der Waals surface area contributed by atoms with Crippen molar-refractivity contribution < 1.29 is 0 Å². The first-order chi connectivity index (χ1) is 11.9. The van der Waals surface area contributed by atoms with E-state index < -0.39 is 0 Å². The van der Waals surface area contributed by atoms with Gasteiger partial charge in [-0.3, -0.25) is 0 Å². The van der Waals surface area contributed by atoms with Crippen LogP contribution in [0, 0.1) is 0 Å². The van der Waals surface area contributed by atoms with Crippen LogP contribution in [0.3, 0.4) is 0 Å². The SMILES string of the molecule is c1ccc(-c2cnc3nc(C4CC4c4ccccc4)[nH]c3c2)cc1. The van der Waals surface area contributed by atoms with Crippen molar-refractivity contribution in [2.24, 2.45) is 0 Å². The van der Waals surface area contributed by atoms with Gasteiger partial charge in [0.2, 0.25) is 0 Å². The predicted molar refractivity (Wildman–Crippen MR) is 95.9 cm³/mol. The van der Waals surface area contributed by atoms with Crippen LogP contribution in [0.4, 0.5) is 0 Å². The monoisotopic (exact) mass is 311 g/mol. The van der Waals surface area contributed by atoms with Crippen LogP contribution >= 0.6 is 0 Å². The fraction of sp³-hybridized carbons (Fsp3) is 0.143. The van der Waals surface area contributed by atoms with Crippen molar-refractivity contribution in [3.8, 4) is 11.1 Å².